The molecule has 1 atom stereocenters. The minimum Gasteiger partial charge on any atom is -0.494 e. The summed E-state index contributed by atoms with van der Waals surface area (Å²) in [4.78, 5) is 14.5. The van der Waals surface area contributed by atoms with Crippen LogP contribution >= 0.6 is 24.0 Å². The zero-order valence-electron chi connectivity index (χ0n) is 16.2. The Morgan fingerprint density at radius 3 is 2.78 bits per heavy atom. The SMILES string of the molecule is CCOc1cc(C)c(C[C@@H]2SC(=S)N(Cc3ccco3)C2=O)cc1C(C)C. The molecule has 0 unspecified atom stereocenters. The monoisotopic (exact) mass is 403 g/mol. The second-order valence-electron chi connectivity index (χ2n) is 6.98. The maximum atomic E-state index is 12.9. The number of carbonyl (C=O) groups is 1. The quantitative estimate of drug-likeness (QED) is 0.603. The molecule has 27 heavy (non-hydrogen) atoms. The lowest BCUT2D eigenvalue weighted by Gasteiger charge is -2.18. The number of hydrogen-bond acceptors (Lipinski definition) is 5. The van der Waals surface area contributed by atoms with Crippen molar-refractivity contribution in [3.63, 3.8) is 0 Å². The molecule has 2 heterocycles. The predicted molar refractivity (Wildman–Crippen MR) is 113 cm³/mol. The molecule has 1 fully saturated rings. The Morgan fingerprint density at radius 2 is 2.15 bits per heavy atom. The van der Waals surface area contributed by atoms with Crippen molar-refractivity contribution < 1.29 is 13.9 Å². The van der Waals surface area contributed by atoms with E-state index in [-0.39, 0.29) is 11.2 Å². The summed E-state index contributed by atoms with van der Waals surface area (Å²) < 4.78 is 11.8. The molecule has 0 aliphatic carbocycles. The first-order valence-corrected chi connectivity index (χ1v) is 10.5. The summed E-state index contributed by atoms with van der Waals surface area (Å²) >= 11 is 6.92. The van der Waals surface area contributed by atoms with E-state index in [0.29, 0.717) is 29.8 Å². The standard InChI is InChI=1S/C21H25NO3S2/c1-5-24-18-9-14(4)15(10-17(18)13(2)3)11-19-20(23)22(21(26)27-19)12-16-7-6-8-25-16/h6-10,13,19H,5,11-12H2,1-4H3/t19-/m0/s1. The number of nitrogens with zero attached hydrogens (tertiary/aromatic N) is 1. The van der Waals surface area contributed by atoms with Crippen molar-refractivity contribution in [3.8, 4) is 5.75 Å². The van der Waals surface area contributed by atoms with E-state index in [9.17, 15) is 4.79 Å². The van der Waals surface area contributed by atoms with Crippen LogP contribution in [-0.2, 0) is 17.8 Å². The van der Waals surface area contributed by atoms with E-state index in [0.717, 1.165) is 17.1 Å². The second-order valence-corrected chi connectivity index (χ2v) is 8.82. The molecule has 0 saturated carbocycles. The highest BCUT2D eigenvalue weighted by molar-refractivity contribution is 8.24. The third-order valence-electron chi connectivity index (χ3n) is 4.69. The van der Waals surface area contributed by atoms with Crippen LogP contribution in [-0.4, -0.2) is 27.0 Å². The predicted octanol–water partition coefficient (Wildman–Crippen LogP) is 5.08. The number of rotatable bonds is 7. The van der Waals surface area contributed by atoms with E-state index >= 15 is 0 Å². The first kappa shape index (κ1) is 20.0. The Balaban J connectivity index is 1.79. The molecular weight excluding hydrogens is 378 g/mol. The van der Waals surface area contributed by atoms with Gasteiger partial charge in [0.05, 0.1) is 24.7 Å². The van der Waals surface area contributed by atoms with Crippen molar-refractivity contribution in [1.82, 2.24) is 4.90 Å². The largest absolute Gasteiger partial charge is 0.494 e. The molecular formula is C21H25NO3S2. The first-order valence-electron chi connectivity index (χ1n) is 9.21. The fourth-order valence-corrected chi connectivity index (χ4v) is 4.75. The molecule has 0 bridgehead atoms. The minimum atomic E-state index is -0.191. The summed E-state index contributed by atoms with van der Waals surface area (Å²) in [5.41, 5.74) is 3.50. The molecule has 1 aliphatic heterocycles. The maximum Gasteiger partial charge on any atom is 0.242 e. The summed E-state index contributed by atoms with van der Waals surface area (Å²) in [5, 5.41) is -0.191. The van der Waals surface area contributed by atoms with Crippen molar-refractivity contribution in [2.75, 3.05) is 6.61 Å². The van der Waals surface area contributed by atoms with Crippen LogP contribution in [0.5, 0.6) is 5.75 Å². The number of carbonyl (C=O) groups excluding carboxylic acids is 1. The fraction of sp³-hybridized carbons (Fsp3) is 0.429. The van der Waals surface area contributed by atoms with Crippen molar-refractivity contribution in [1.29, 1.82) is 0 Å². The number of aryl methyl sites for hydroxylation is 1. The third kappa shape index (κ3) is 4.38. The summed E-state index contributed by atoms with van der Waals surface area (Å²) in [6, 6.07) is 7.97. The Labute approximate surface area is 170 Å². The van der Waals surface area contributed by atoms with Gasteiger partial charge >= 0.3 is 0 Å². The summed E-state index contributed by atoms with van der Waals surface area (Å²) in [7, 11) is 0. The van der Waals surface area contributed by atoms with Crippen LogP contribution < -0.4 is 4.74 Å². The molecule has 0 spiro atoms. The van der Waals surface area contributed by atoms with Crippen molar-refractivity contribution in [3.05, 3.63) is 53.0 Å². The number of benzene rings is 1. The average molecular weight is 404 g/mol. The number of amides is 1. The highest BCUT2D eigenvalue weighted by Gasteiger charge is 2.37. The molecule has 1 aliphatic rings. The van der Waals surface area contributed by atoms with Gasteiger partial charge in [-0.2, -0.15) is 0 Å². The van der Waals surface area contributed by atoms with Gasteiger partial charge in [0.25, 0.3) is 0 Å². The Bertz CT molecular complexity index is 830. The van der Waals surface area contributed by atoms with Gasteiger partial charge in [0.1, 0.15) is 15.8 Å². The second kappa shape index (κ2) is 8.48. The molecule has 2 aromatic rings. The third-order valence-corrected chi connectivity index (χ3v) is 6.28. The van der Waals surface area contributed by atoms with Crippen molar-refractivity contribution in [2.24, 2.45) is 0 Å². The van der Waals surface area contributed by atoms with Gasteiger partial charge in [-0.3, -0.25) is 9.69 Å². The topological polar surface area (TPSA) is 42.7 Å². The van der Waals surface area contributed by atoms with Crippen LogP contribution in [0.15, 0.2) is 34.9 Å². The Morgan fingerprint density at radius 1 is 1.37 bits per heavy atom. The molecule has 144 valence electrons. The number of thioether (sulfide) groups is 1. The van der Waals surface area contributed by atoms with Gasteiger partial charge in [0.15, 0.2) is 0 Å². The van der Waals surface area contributed by atoms with E-state index in [1.807, 2.05) is 19.1 Å². The van der Waals surface area contributed by atoms with E-state index in [2.05, 4.69) is 32.9 Å². The van der Waals surface area contributed by atoms with Crippen LogP contribution in [0.3, 0.4) is 0 Å². The minimum absolute atomic E-state index is 0.0563. The van der Waals surface area contributed by atoms with E-state index in [1.54, 1.807) is 11.2 Å². The highest BCUT2D eigenvalue weighted by atomic mass is 32.2. The van der Waals surface area contributed by atoms with E-state index in [4.69, 9.17) is 21.4 Å². The maximum absolute atomic E-state index is 12.9. The zero-order chi connectivity index (χ0) is 19.6. The smallest absolute Gasteiger partial charge is 0.242 e. The van der Waals surface area contributed by atoms with Crippen molar-refractivity contribution >= 4 is 34.2 Å². The van der Waals surface area contributed by atoms with Gasteiger partial charge in [-0.1, -0.05) is 43.9 Å². The number of thiocarbonyl (C=S) groups is 1. The van der Waals surface area contributed by atoms with Crippen LogP contribution in [0.25, 0.3) is 0 Å². The lowest BCUT2D eigenvalue weighted by molar-refractivity contribution is -0.126. The summed E-state index contributed by atoms with van der Waals surface area (Å²) in [6.45, 7) is 9.43. The van der Waals surface area contributed by atoms with Crippen LogP contribution in [0.4, 0.5) is 0 Å². The zero-order valence-corrected chi connectivity index (χ0v) is 17.8. The number of ether oxygens (including phenoxy) is 1. The van der Waals surface area contributed by atoms with Gasteiger partial charge in [-0.25, -0.2) is 0 Å². The van der Waals surface area contributed by atoms with Gasteiger partial charge in [-0.05, 0) is 61.1 Å². The Kier molecular flexibility index (Phi) is 6.27. The van der Waals surface area contributed by atoms with Crippen LogP contribution in [0.1, 0.15) is 49.1 Å². The molecule has 3 rings (SSSR count). The molecule has 6 heteroatoms. The van der Waals surface area contributed by atoms with Gasteiger partial charge in [0, 0.05) is 0 Å². The lowest BCUT2D eigenvalue weighted by atomic mass is 9.94. The first-order chi connectivity index (χ1) is 12.9. The molecule has 1 amide bonds. The van der Waals surface area contributed by atoms with Crippen molar-refractivity contribution in [2.45, 2.75) is 51.8 Å². The lowest BCUT2D eigenvalue weighted by Crippen LogP contribution is -2.31. The van der Waals surface area contributed by atoms with Gasteiger partial charge in [-0.15, -0.1) is 0 Å². The van der Waals surface area contributed by atoms with Gasteiger partial charge < -0.3 is 9.15 Å². The molecule has 1 aromatic carbocycles. The average Bonchev–Trinajstić information content (AvgIpc) is 3.21. The number of hydrogen-bond donors (Lipinski definition) is 0. The van der Waals surface area contributed by atoms with Crippen LogP contribution in [0, 0.1) is 6.92 Å². The van der Waals surface area contributed by atoms with Gasteiger partial charge in [0.2, 0.25) is 5.91 Å². The number of furan rings is 1. The van der Waals surface area contributed by atoms with E-state index < -0.39 is 0 Å². The molecule has 0 N–H and O–H groups in total. The highest BCUT2D eigenvalue weighted by Crippen LogP contribution is 2.35. The molecule has 1 saturated heterocycles. The fourth-order valence-electron chi connectivity index (χ4n) is 3.23. The summed E-state index contributed by atoms with van der Waals surface area (Å²) in [5.74, 6) is 2.09. The summed E-state index contributed by atoms with van der Waals surface area (Å²) in [6.07, 6.45) is 2.27. The molecule has 1 aromatic heterocycles. The normalized spacial score (nSPS) is 17.2. The van der Waals surface area contributed by atoms with Crippen LogP contribution in [0.2, 0.25) is 0 Å². The van der Waals surface area contributed by atoms with E-state index in [1.165, 1.54) is 22.9 Å². The Hall–Kier alpha value is -1.79. The molecule has 4 nitrogen and oxygen atoms in total. The molecule has 0 radical (unpaired) electrons.